The number of aliphatic hydroxyl groups is 1. The lowest BCUT2D eigenvalue weighted by molar-refractivity contribution is -0.161. The molecule has 1 unspecified atom stereocenters. The van der Waals surface area contributed by atoms with Gasteiger partial charge >= 0.3 is 11.9 Å². The van der Waals surface area contributed by atoms with Crippen molar-refractivity contribution in [2.75, 3.05) is 13.2 Å². The highest BCUT2D eigenvalue weighted by Crippen LogP contribution is 2.13. The number of unbranched alkanes of at least 4 members (excludes halogenated alkanes) is 20. The molecule has 1 atom stereocenters. The van der Waals surface area contributed by atoms with Crippen LogP contribution in [0.2, 0.25) is 0 Å². The fourth-order valence-corrected chi connectivity index (χ4v) is 5.23. The lowest BCUT2D eigenvalue weighted by atomic mass is 10.1. The van der Waals surface area contributed by atoms with Crippen LogP contribution in [0.25, 0.3) is 0 Å². The molecule has 0 rings (SSSR count). The summed E-state index contributed by atoms with van der Waals surface area (Å²) in [7, 11) is 0. The van der Waals surface area contributed by atoms with Crippen molar-refractivity contribution in [1.29, 1.82) is 0 Å². The highest BCUT2D eigenvalue weighted by molar-refractivity contribution is 5.70. The minimum Gasteiger partial charge on any atom is -0.462 e. The number of hydrogen-bond acceptors (Lipinski definition) is 5. The van der Waals surface area contributed by atoms with Crippen molar-refractivity contribution in [2.45, 2.75) is 193 Å². The van der Waals surface area contributed by atoms with Gasteiger partial charge in [-0.1, -0.05) is 147 Å². The molecule has 0 aliphatic rings. The van der Waals surface area contributed by atoms with E-state index in [1.807, 2.05) is 0 Å². The Labute approximate surface area is 278 Å². The van der Waals surface area contributed by atoms with Gasteiger partial charge in [-0.15, -0.1) is 0 Å². The molecule has 0 saturated heterocycles. The van der Waals surface area contributed by atoms with E-state index in [2.05, 4.69) is 50.3 Å². The van der Waals surface area contributed by atoms with E-state index in [0.29, 0.717) is 12.8 Å². The van der Waals surface area contributed by atoms with E-state index in [9.17, 15) is 14.7 Å². The van der Waals surface area contributed by atoms with Gasteiger partial charge in [0.15, 0.2) is 6.10 Å². The maximum Gasteiger partial charge on any atom is 0.306 e. The average Bonchev–Trinajstić information content (AvgIpc) is 3.04. The van der Waals surface area contributed by atoms with Gasteiger partial charge in [0.2, 0.25) is 0 Å². The van der Waals surface area contributed by atoms with Crippen LogP contribution in [-0.4, -0.2) is 36.4 Å². The minimum absolute atomic E-state index is 0.0713. The smallest absolute Gasteiger partial charge is 0.306 e. The maximum atomic E-state index is 12.1. The molecule has 5 heteroatoms. The van der Waals surface area contributed by atoms with Crippen LogP contribution in [-0.2, 0) is 19.1 Å². The normalized spacial score (nSPS) is 12.5. The second-order valence-corrected chi connectivity index (χ2v) is 12.6. The molecule has 1 N–H and O–H groups in total. The molecular weight excluding hydrogens is 560 g/mol. The summed E-state index contributed by atoms with van der Waals surface area (Å²) in [5.74, 6) is -0.608. The third kappa shape index (κ3) is 34.8. The summed E-state index contributed by atoms with van der Waals surface area (Å²) < 4.78 is 10.6. The Bertz CT molecular complexity index is 726. The van der Waals surface area contributed by atoms with Crippen molar-refractivity contribution in [3.63, 3.8) is 0 Å². The number of esters is 2. The van der Waals surface area contributed by atoms with Crippen LogP contribution in [0.15, 0.2) is 36.5 Å². The molecule has 0 aliphatic carbocycles. The molecule has 0 aliphatic heterocycles. The Hall–Kier alpha value is -1.88. The summed E-state index contributed by atoms with van der Waals surface area (Å²) in [4.78, 5) is 24.1. The van der Waals surface area contributed by atoms with Gasteiger partial charge in [0.1, 0.15) is 6.61 Å². The van der Waals surface area contributed by atoms with Gasteiger partial charge in [-0.2, -0.15) is 0 Å². The fourth-order valence-electron chi connectivity index (χ4n) is 5.23. The van der Waals surface area contributed by atoms with E-state index in [1.54, 1.807) is 0 Å². The van der Waals surface area contributed by atoms with E-state index in [1.165, 1.54) is 103 Å². The molecular formula is C40H72O5. The van der Waals surface area contributed by atoms with Crippen LogP contribution in [0.5, 0.6) is 0 Å². The largest absolute Gasteiger partial charge is 0.462 e. The van der Waals surface area contributed by atoms with E-state index >= 15 is 0 Å². The number of aliphatic hydroxyl groups excluding tert-OH is 1. The molecule has 0 aromatic carbocycles. The van der Waals surface area contributed by atoms with Crippen LogP contribution in [0.4, 0.5) is 0 Å². The second-order valence-electron chi connectivity index (χ2n) is 12.6. The highest BCUT2D eigenvalue weighted by Gasteiger charge is 2.16. The third-order valence-corrected chi connectivity index (χ3v) is 8.14. The lowest BCUT2D eigenvalue weighted by Gasteiger charge is -2.15. The zero-order chi connectivity index (χ0) is 32.9. The van der Waals surface area contributed by atoms with Crippen LogP contribution < -0.4 is 0 Å². The Morgan fingerprint density at radius 2 is 0.933 bits per heavy atom. The third-order valence-electron chi connectivity index (χ3n) is 8.14. The van der Waals surface area contributed by atoms with Crippen molar-refractivity contribution >= 4 is 11.9 Å². The molecule has 0 spiro atoms. The van der Waals surface area contributed by atoms with Gasteiger partial charge in [0.05, 0.1) is 6.61 Å². The Morgan fingerprint density at radius 1 is 0.511 bits per heavy atom. The van der Waals surface area contributed by atoms with Gasteiger partial charge in [0.25, 0.3) is 0 Å². The van der Waals surface area contributed by atoms with Gasteiger partial charge in [-0.3, -0.25) is 9.59 Å². The van der Waals surface area contributed by atoms with E-state index in [0.717, 1.165) is 57.8 Å². The maximum absolute atomic E-state index is 12.1. The summed E-state index contributed by atoms with van der Waals surface area (Å²) >= 11 is 0. The van der Waals surface area contributed by atoms with Crippen molar-refractivity contribution < 1.29 is 24.2 Å². The van der Waals surface area contributed by atoms with Gasteiger partial charge < -0.3 is 14.6 Å². The number of carbonyl (C=O) groups is 2. The second kappa shape index (κ2) is 36.6. The molecule has 5 nitrogen and oxygen atoms in total. The molecule has 0 heterocycles. The lowest BCUT2D eigenvalue weighted by Crippen LogP contribution is -2.28. The zero-order valence-electron chi connectivity index (χ0n) is 29.6. The molecule has 262 valence electrons. The topological polar surface area (TPSA) is 72.8 Å². The Morgan fingerprint density at radius 3 is 1.42 bits per heavy atom. The van der Waals surface area contributed by atoms with Crippen molar-refractivity contribution in [3.8, 4) is 0 Å². The van der Waals surface area contributed by atoms with Crippen LogP contribution in [0, 0.1) is 0 Å². The quantitative estimate of drug-likeness (QED) is 0.0434. The van der Waals surface area contributed by atoms with E-state index < -0.39 is 6.10 Å². The van der Waals surface area contributed by atoms with E-state index in [4.69, 9.17) is 9.47 Å². The molecule has 0 fully saturated rings. The number of ether oxygens (including phenoxy) is 2. The number of hydrogen-bond donors (Lipinski definition) is 1. The Kier molecular flexibility index (Phi) is 35.1. The van der Waals surface area contributed by atoms with Crippen molar-refractivity contribution in [2.24, 2.45) is 0 Å². The first-order valence-electron chi connectivity index (χ1n) is 19.0. The number of carbonyl (C=O) groups excluding carboxylic acids is 2. The molecule has 0 saturated carbocycles. The summed E-state index contributed by atoms with van der Waals surface area (Å²) in [6.45, 7) is 4.05. The van der Waals surface area contributed by atoms with Crippen LogP contribution >= 0.6 is 0 Å². The summed E-state index contributed by atoms with van der Waals surface area (Å²) in [5.41, 5.74) is 0. The molecule has 0 amide bonds. The fraction of sp³-hybridized carbons (Fsp3) is 0.800. The molecule has 0 radical (unpaired) electrons. The first-order valence-corrected chi connectivity index (χ1v) is 19.0. The average molecular weight is 633 g/mol. The molecule has 0 aromatic rings. The van der Waals surface area contributed by atoms with Crippen molar-refractivity contribution in [3.05, 3.63) is 36.5 Å². The van der Waals surface area contributed by atoms with Crippen LogP contribution in [0.3, 0.4) is 0 Å². The first-order chi connectivity index (χ1) is 22.1. The van der Waals surface area contributed by atoms with Gasteiger partial charge in [0, 0.05) is 12.8 Å². The molecule has 45 heavy (non-hydrogen) atoms. The van der Waals surface area contributed by atoms with Gasteiger partial charge in [-0.05, 0) is 64.2 Å². The van der Waals surface area contributed by atoms with Crippen LogP contribution in [0.1, 0.15) is 187 Å². The van der Waals surface area contributed by atoms with E-state index in [-0.39, 0.29) is 25.2 Å². The predicted octanol–water partition coefficient (Wildman–Crippen LogP) is 11.7. The molecule has 0 aromatic heterocycles. The van der Waals surface area contributed by atoms with Gasteiger partial charge in [-0.25, -0.2) is 0 Å². The summed E-state index contributed by atoms with van der Waals surface area (Å²) in [6, 6.07) is 0. The molecule has 0 bridgehead atoms. The summed E-state index contributed by atoms with van der Waals surface area (Å²) in [5, 5.41) is 9.52. The highest BCUT2D eigenvalue weighted by atomic mass is 16.6. The zero-order valence-corrected chi connectivity index (χ0v) is 29.6. The standard InChI is InChI=1S/C40H72O5/c1-3-5-7-9-11-13-15-16-17-18-19-20-21-22-23-24-25-27-29-31-33-35-40(43)45-38(36-41)37-44-39(42)34-32-30-28-26-14-12-10-8-6-4-2/h8,10,15-16,18-19,38,41H,3-7,9,11-14,17,20-37H2,1-2H3/b10-8-,16-15-,19-18-. The minimum atomic E-state index is -0.774. The monoisotopic (exact) mass is 633 g/mol. The predicted molar refractivity (Wildman–Crippen MR) is 191 cm³/mol. The SMILES string of the molecule is CCC/C=C\CCCCCCCC(=O)OCC(CO)OC(=O)CCCCCCCCCCC/C=C\C/C=C\CCCCCCC. The first kappa shape index (κ1) is 43.1. The number of rotatable bonds is 34. The van der Waals surface area contributed by atoms with Crippen molar-refractivity contribution in [1.82, 2.24) is 0 Å². The number of allylic oxidation sites excluding steroid dienone is 6. The summed E-state index contributed by atoms with van der Waals surface area (Å²) in [6.07, 6.45) is 43.5. The Balaban J connectivity index is 3.54.